The van der Waals surface area contributed by atoms with Crippen LogP contribution in [0.4, 0.5) is 0 Å². The Kier molecular flexibility index (Phi) is 3.08. The van der Waals surface area contributed by atoms with Gasteiger partial charge in [-0.15, -0.1) is 5.10 Å². The molecule has 7 heteroatoms. The minimum absolute atomic E-state index is 0.332. The lowest BCUT2D eigenvalue weighted by Gasteiger charge is -2.15. The molecule has 1 saturated heterocycles. The van der Waals surface area contributed by atoms with Gasteiger partial charge in [0.25, 0.3) is 0 Å². The predicted molar refractivity (Wildman–Crippen MR) is 69.4 cm³/mol. The third-order valence-electron chi connectivity index (χ3n) is 3.23. The summed E-state index contributed by atoms with van der Waals surface area (Å²) >= 11 is 0. The molecule has 100 valence electrons. The van der Waals surface area contributed by atoms with Crippen LogP contribution in [0.2, 0.25) is 0 Å². The Morgan fingerprint density at radius 2 is 1.74 bits per heavy atom. The van der Waals surface area contributed by atoms with Crippen LogP contribution in [0.25, 0.3) is 5.69 Å². The van der Waals surface area contributed by atoms with Gasteiger partial charge in [0.15, 0.2) is 0 Å². The largest absolute Gasteiger partial charge is 0.243 e. The number of hydrogen-bond donors (Lipinski definition) is 0. The maximum Gasteiger partial charge on any atom is 0.243 e. The van der Waals surface area contributed by atoms with E-state index in [1.54, 1.807) is 41.3 Å². The first-order valence-corrected chi connectivity index (χ1v) is 7.59. The van der Waals surface area contributed by atoms with Gasteiger partial charge in [-0.1, -0.05) is 5.21 Å². The summed E-state index contributed by atoms with van der Waals surface area (Å²) in [6, 6.07) is 6.70. The lowest BCUT2D eigenvalue weighted by Crippen LogP contribution is -2.27. The van der Waals surface area contributed by atoms with Gasteiger partial charge in [-0.2, -0.15) is 4.31 Å². The summed E-state index contributed by atoms with van der Waals surface area (Å²) in [7, 11) is -3.34. The van der Waals surface area contributed by atoms with Gasteiger partial charge in [0.05, 0.1) is 23.0 Å². The van der Waals surface area contributed by atoms with Crippen LogP contribution in [0.15, 0.2) is 41.6 Å². The molecule has 2 aromatic rings. The van der Waals surface area contributed by atoms with Gasteiger partial charge >= 0.3 is 0 Å². The van der Waals surface area contributed by atoms with Crippen LogP contribution >= 0.6 is 0 Å². The van der Waals surface area contributed by atoms with E-state index in [0.717, 1.165) is 18.5 Å². The van der Waals surface area contributed by atoms with E-state index in [9.17, 15) is 8.42 Å². The average molecular weight is 278 g/mol. The van der Waals surface area contributed by atoms with Crippen molar-refractivity contribution in [2.75, 3.05) is 13.1 Å². The summed E-state index contributed by atoms with van der Waals surface area (Å²) in [5.74, 6) is 0. The van der Waals surface area contributed by atoms with Crippen LogP contribution in [0.1, 0.15) is 12.8 Å². The Labute approximate surface area is 111 Å². The highest BCUT2D eigenvalue weighted by Gasteiger charge is 2.26. The summed E-state index contributed by atoms with van der Waals surface area (Å²) in [6.45, 7) is 1.24. The molecule has 0 atom stereocenters. The van der Waals surface area contributed by atoms with Crippen molar-refractivity contribution in [1.29, 1.82) is 0 Å². The third kappa shape index (κ3) is 2.26. The fraction of sp³-hybridized carbons (Fsp3) is 0.333. The van der Waals surface area contributed by atoms with Crippen LogP contribution < -0.4 is 0 Å². The summed E-state index contributed by atoms with van der Waals surface area (Å²) in [5, 5.41) is 7.58. The lowest BCUT2D eigenvalue weighted by molar-refractivity contribution is 0.477. The molecule has 6 nitrogen and oxygen atoms in total. The van der Waals surface area contributed by atoms with Crippen molar-refractivity contribution >= 4 is 10.0 Å². The fourth-order valence-electron chi connectivity index (χ4n) is 2.19. The van der Waals surface area contributed by atoms with E-state index < -0.39 is 10.0 Å². The first-order chi connectivity index (χ1) is 9.18. The van der Waals surface area contributed by atoms with E-state index in [-0.39, 0.29) is 0 Å². The zero-order chi connectivity index (χ0) is 13.3. The molecule has 1 aromatic heterocycles. The zero-order valence-electron chi connectivity index (χ0n) is 10.3. The number of nitrogens with zero attached hydrogens (tertiary/aromatic N) is 4. The summed E-state index contributed by atoms with van der Waals surface area (Å²) in [4.78, 5) is 0.332. The second kappa shape index (κ2) is 4.75. The van der Waals surface area contributed by atoms with E-state index in [0.29, 0.717) is 18.0 Å². The van der Waals surface area contributed by atoms with Crippen molar-refractivity contribution in [3.05, 3.63) is 36.7 Å². The molecule has 1 aliphatic rings. The van der Waals surface area contributed by atoms with E-state index in [4.69, 9.17) is 0 Å². The number of sulfonamides is 1. The Hall–Kier alpha value is -1.73. The second-order valence-electron chi connectivity index (χ2n) is 4.45. The van der Waals surface area contributed by atoms with Gasteiger partial charge in [-0.25, -0.2) is 13.1 Å². The topological polar surface area (TPSA) is 68.1 Å². The van der Waals surface area contributed by atoms with Gasteiger partial charge < -0.3 is 0 Å². The average Bonchev–Trinajstić information content (AvgIpc) is 3.12. The molecular formula is C12H14N4O2S. The normalized spacial score (nSPS) is 16.8. The van der Waals surface area contributed by atoms with Crippen molar-refractivity contribution in [2.45, 2.75) is 17.7 Å². The van der Waals surface area contributed by atoms with Gasteiger partial charge in [0.1, 0.15) is 0 Å². The molecule has 0 aliphatic carbocycles. The standard InChI is InChI=1S/C12H14N4O2S/c17-19(18,15-8-1-2-9-15)12-5-3-11(4-6-12)16-10-7-13-14-16/h3-7,10H,1-2,8-9H2. The van der Waals surface area contributed by atoms with Crippen LogP contribution in [-0.4, -0.2) is 40.8 Å². The molecule has 1 aromatic carbocycles. The maximum absolute atomic E-state index is 12.3. The van der Waals surface area contributed by atoms with Crippen molar-refractivity contribution < 1.29 is 8.42 Å². The van der Waals surface area contributed by atoms with Crippen molar-refractivity contribution in [3.63, 3.8) is 0 Å². The van der Waals surface area contributed by atoms with Gasteiger partial charge in [0, 0.05) is 13.1 Å². The van der Waals surface area contributed by atoms with Gasteiger partial charge in [-0.3, -0.25) is 0 Å². The molecular weight excluding hydrogens is 264 g/mol. The smallest absolute Gasteiger partial charge is 0.221 e. The highest BCUT2D eigenvalue weighted by atomic mass is 32.2. The second-order valence-corrected chi connectivity index (χ2v) is 6.39. The molecule has 0 saturated carbocycles. The first kappa shape index (κ1) is 12.3. The molecule has 1 fully saturated rings. The monoisotopic (exact) mass is 278 g/mol. The summed E-state index contributed by atoms with van der Waals surface area (Å²) in [5.41, 5.74) is 0.790. The SMILES string of the molecule is O=S(=O)(c1ccc(-n2ccnn2)cc1)N1CCCC1. The van der Waals surface area contributed by atoms with E-state index >= 15 is 0 Å². The highest BCUT2D eigenvalue weighted by molar-refractivity contribution is 7.89. The molecule has 1 aliphatic heterocycles. The molecule has 3 rings (SSSR count). The molecule has 0 N–H and O–H groups in total. The Morgan fingerprint density at radius 3 is 2.32 bits per heavy atom. The summed E-state index contributed by atoms with van der Waals surface area (Å²) in [6.07, 6.45) is 5.17. The van der Waals surface area contributed by atoms with Crippen LogP contribution in [-0.2, 0) is 10.0 Å². The van der Waals surface area contributed by atoms with Gasteiger partial charge in [0.2, 0.25) is 10.0 Å². The molecule has 0 bridgehead atoms. The first-order valence-electron chi connectivity index (χ1n) is 6.15. The minimum atomic E-state index is -3.34. The number of benzene rings is 1. The molecule has 0 spiro atoms. The molecule has 19 heavy (non-hydrogen) atoms. The maximum atomic E-state index is 12.3. The Bertz CT molecular complexity index is 644. The number of hydrogen-bond acceptors (Lipinski definition) is 4. The van der Waals surface area contributed by atoms with Crippen molar-refractivity contribution in [3.8, 4) is 5.69 Å². The Morgan fingerprint density at radius 1 is 1.05 bits per heavy atom. The molecule has 0 unspecified atom stereocenters. The van der Waals surface area contributed by atoms with Gasteiger partial charge in [-0.05, 0) is 37.1 Å². The number of aromatic nitrogens is 3. The molecule has 0 amide bonds. The highest BCUT2D eigenvalue weighted by Crippen LogP contribution is 2.21. The van der Waals surface area contributed by atoms with Crippen LogP contribution in [0.5, 0.6) is 0 Å². The lowest BCUT2D eigenvalue weighted by atomic mass is 10.3. The fourth-order valence-corrected chi connectivity index (χ4v) is 3.71. The zero-order valence-corrected chi connectivity index (χ0v) is 11.1. The van der Waals surface area contributed by atoms with E-state index in [1.807, 2.05) is 0 Å². The quantitative estimate of drug-likeness (QED) is 0.841. The van der Waals surface area contributed by atoms with Crippen LogP contribution in [0.3, 0.4) is 0 Å². The minimum Gasteiger partial charge on any atom is -0.221 e. The molecule has 2 heterocycles. The predicted octanol–water partition coefficient (Wildman–Crippen LogP) is 1.05. The Balaban J connectivity index is 1.90. The summed E-state index contributed by atoms with van der Waals surface area (Å²) < 4.78 is 27.8. The van der Waals surface area contributed by atoms with Crippen molar-refractivity contribution in [2.24, 2.45) is 0 Å². The van der Waals surface area contributed by atoms with E-state index in [2.05, 4.69) is 10.3 Å². The number of rotatable bonds is 3. The van der Waals surface area contributed by atoms with E-state index in [1.165, 1.54) is 4.31 Å². The molecule has 0 radical (unpaired) electrons. The van der Waals surface area contributed by atoms with Crippen LogP contribution in [0, 0.1) is 0 Å². The van der Waals surface area contributed by atoms with Crippen molar-refractivity contribution in [1.82, 2.24) is 19.3 Å². The third-order valence-corrected chi connectivity index (χ3v) is 5.14.